The Balaban J connectivity index is 2.69. The highest BCUT2D eigenvalue weighted by atomic mass is 16.6. The molecule has 0 aliphatic carbocycles. The lowest BCUT2D eigenvalue weighted by Crippen LogP contribution is -2.27. The highest BCUT2D eigenvalue weighted by molar-refractivity contribution is 5.85. The number of nitrogens with one attached hydrogen (secondary N) is 1. The van der Waals surface area contributed by atoms with Gasteiger partial charge in [-0.3, -0.25) is 5.32 Å². The lowest BCUT2D eigenvalue weighted by atomic mass is 10.1. The molecular formula is C15H21NO3. The second kappa shape index (κ2) is 6.36. The number of hydrogen-bond donors (Lipinski definition) is 1. The average Bonchev–Trinajstić information content (AvgIpc) is 2.27. The zero-order chi connectivity index (χ0) is 14.5. The van der Waals surface area contributed by atoms with Crippen LogP contribution in [0.5, 0.6) is 0 Å². The van der Waals surface area contributed by atoms with Crippen LogP contribution in [0.4, 0.5) is 10.5 Å². The molecule has 1 aromatic carbocycles. The third kappa shape index (κ3) is 5.55. The Kier molecular flexibility index (Phi) is 5.10. The lowest BCUT2D eigenvalue weighted by molar-refractivity contribution is -0.107. The van der Waals surface area contributed by atoms with Crippen molar-refractivity contribution < 1.29 is 14.3 Å². The molecule has 1 N–H and O–H groups in total. The van der Waals surface area contributed by atoms with Gasteiger partial charge in [0.25, 0.3) is 0 Å². The van der Waals surface area contributed by atoms with Crippen LogP contribution in [0.25, 0.3) is 0 Å². The number of hydrogen-bond acceptors (Lipinski definition) is 3. The Morgan fingerprint density at radius 3 is 2.58 bits per heavy atom. The molecule has 4 heteroatoms. The fourth-order valence-corrected chi connectivity index (χ4v) is 1.66. The van der Waals surface area contributed by atoms with Gasteiger partial charge in [0.15, 0.2) is 0 Å². The third-order valence-corrected chi connectivity index (χ3v) is 2.48. The van der Waals surface area contributed by atoms with Crippen LogP contribution in [0.2, 0.25) is 0 Å². The summed E-state index contributed by atoms with van der Waals surface area (Å²) in [5.41, 5.74) is 2.25. The summed E-state index contributed by atoms with van der Waals surface area (Å²) in [6.45, 7) is 7.38. The van der Waals surface area contributed by atoms with Crippen molar-refractivity contribution in [2.75, 3.05) is 5.32 Å². The summed E-state index contributed by atoms with van der Waals surface area (Å²) in [7, 11) is 0. The van der Waals surface area contributed by atoms with Crippen molar-refractivity contribution in [2.45, 2.75) is 46.1 Å². The van der Waals surface area contributed by atoms with Crippen LogP contribution < -0.4 is 5.32 Å². The molecule has 0 aromatic heterocycles. The number of ether oxygens (including phenoxy) is 1. The van der Waals surface area contributed by atoms with E-state index in [9.17, 15) is 9.59 Å². The summed E-state index contributed by atoms with van der Waals surface area (Å²) in [5.74, 6) is 0. The molecule has 0 aliphatic heterocycles. The average molecular weight is 263 g/mol. The molecule has 1 rings (SSSR count). The maximum absolute atomic E-state index is 11.7. The van der Waals surface area contributed by atoms with Crippen LogP contribution in [-0.2, 0) is 16.0 Å². The SMILES string of the molecule is Cc1cc(CCC=O)ccc1NC(=O)OC(C)(C)C. The number of amides is 1. The van der Waals surface area contributed by atoms with Gasteiger partial charge in [0.05, 0.1) is 0 Å². The van der Waals surface area contributed by atoms with E-state index >= 15 is 0 Å². The maximum Gasteiger partial charge on any atom is 0.412 e. The van der Waals surface area contributed by atoms with Crippen molar-refractivity contribution in [3.05, 3.63) is 29.3 Å². The summed E-state index contributed by atoms with van der Waals surface area (Å²) in [6, 6.07) is 5.71. The molecule has 4 nitrogen and oxygen atoms in total. The van der Waals surface area contributed by atoms with Crippen LogP contribution in [0, 0.1) is 6.92 Å². The minimum atomic E-state index is -0.512. The molecule has 0 saturated heterocycles. The molecular weight excluding hydrogens is 242 g/mol. The fourth-order valence-electron chi connectivity index (χ4n) is 1.66. The molecule has 0 atom stereocenters. The van der Waals surface area contributed by atoms with Crippen molar-refractivity contribution in [3.8, 4) is 0 Å². The van der Waals surface area contributed by atoms with Crippen molar-refractivity contribution in [1.82, 2.24) is 0 Å². The minimum Gasteiger partial charge on any atom is -0.444 e. The van der Waals surface area contributed by atoms with E-state index in [0.29, 0.717) is 6.42 Å². The zero-order valence-electron chi connectivity index (χ0n) is 11.9. The first kappa shape index (κ1) is 15.2. The molecule has 1 amide bonds. The summed E-state index contributed by atoms with van der Waals surface area (Å²) in [4.78, 5) is 22.0. The third-order valence-electron chi connectivity index (χ3n) is 2.48. The second-order valence-electron chi connectivity index (χ2n) is 5.48. The number of carbonyl (C=O) groups excluding carboxylic acids is 2. The quantitative estimate of drug-likeness (QED) is 0.846. The largest absolute Gasteiger partial charge is 0.444 e. The van der Waals surface area contributed by atoms with Crippen molar-refractivity contribution in [1.29, 1.82) is 0 Å². The predicted octanol–water partition coefficient (Wildman–Crippen LogP) is 3.47. The van der Waals surface area contributed by atoms with Crippen LogP contribution in [0.1, 0.15) is 38.3 Å². The van der Waals surface area contributed by atoms with Crippen LogP contribution in [0.3, 0.4) is 0 Å². The molecule has 0 radical (unpaired) electrons. The van der Waals surface area contributed by atoms with Crippen molar-refractivity contribution >= 4 is 18.1 Å². The van der Waals surface area contributed by atoms with Crippen LogP contribution >= 0.6 is 0 Å². The lowest BCUT2D eigenvalue weighted by Gasteiger charge is -2.20. The Labute approximate surface area is 114 Å². The van der Waals surface area contributed by atoms with Gasteiger partial charge >= 0.3 is 6.09 Å². The number of anilines is 1. The van der Waals surface area contributed by atoms with E-state index in [1.807, 2.05) is 45.9 Å². The molecule has 0 aliphatic rings. The van der Waals surface area contributed by atoms with E-state index in [2.05, 4.69) is 5.32 Å². The number of carbonyl (C=O) groups is 2. The first-order chi connectivity index (χ1) is 8.81. The normalized spacial score (nSPS) is 10.9. The van der Waals surface area contributed by atoms with Gasteiger partial charge in [-0.15, -0.1) is 0 Å². The van der Waals surface area contributed by atoms with Crippen molar-refractivity contribution in [3.63, 3.8) is 0 Å². The van der Waals surface area contributed by atoms with Gasteiger partial charge in [0, 0.05) is 12.1 Å². The number of aldehydes is 1. The fraction of sp³-hybridized carbons (Fsp3) is 0.467. The molecule has 19 heavy (non-hydrogen) atoms. The number of rotatable bonds is 4. The molecule has 0 unspecified atom stereocenters. The van der Waals surface area contributed by atoms with Crippen molar-refractivity contribution in [2.24, 2.45) is 0 Å². The Hall–Kier alpha value is -1.84. The monoisotopic (exact) mass is 263 g/mol. The minimum absolute atomic E-state index is 0.462. The van der Waals surface area contributed by atoms with Gasteiger partial charge in [-0.1, -0.05) is 12.1 Å². The van der Waals surface area contributed by atoms with E-state index in [0.717, 1.165) is 29.5 Å². The van der Waals surface area contributed by atoms with E-state index in [4.69, 9.17) is 4.74 Å². The van der Waals surface area contributed by atoms with Gasteiger partial charge in [0.1, 0.15) is 11.9 Å². The van der Waals surface area contributed by atoms with Gasteiger partial charge in [-0.25, -0.2) is 4.79 Å². The second-order valence-corrected chi connectivity index (χ2v) is 5.48. The summed E-state index contributed by atoms with van der Waals surface area (Å²) < 4.78 is 5.20. The van der Waals surface area contributed by atoms with Crippen LogP contribution in [-0.4, -0.2) is 18.0 Å². The van der Waals surface area contributed by atoms with E-state index in [-0.39, 0.29) is 0 Å². The van der Waals surface area contributed by atoms with Gasteiger partial charge < -0.3 is 9.53 Å². The molecule has 1 aromatic rings. The standard InChI is InChI=1S/C15H21NO3/c1-11-10-12(6-5-9-17)7-8-13(11)16-14(18)19-15(2,3)4/h7-10H,5-6H2,1-4H3,(H,16,18). The topological polar surface area (TPSA) is 55.4 Å². The predicted molar refractivity (Wildman–Crippen MR) is 75.4 cm³/mol. The van der Waals surface area contributed by atoms with Gasteiger partial charge in [0.2, 0.25) is 0 Å². The molecule has 104 valence electrons. The molecule has 0 bridgehead atoms. The maximum atomic E-state index is 11.7. The number of aryl methyl sites for hydroxylation is 2. The highest BCUT2D eigenvalue weighted by Gasteiger charge is 2.16. The Morgan fingerprint density at radius 2 is 2.05 bits per heavy atom. The first-order valence-electron chi connectivity index (χ1n) is 6.35. The smallest absolute Gasteiger partial charge is 0.412 e. The Morgan fingerprint density at radius 1 is 1.37 bits per heavy atom. The number of benzene rings is 1. The summed E-state index contributed by atoms with van der Waals surface area (Å²) >= 11 is 0. The molecule has 0 heterocycles. The van der Waals surface area contributed by atoms with Crippen LogP contribution in [0.15, 0.2) is 18.2 Å². The summed E-state index contributed by atoms with van der Waals surface area (Å²) in [6.07, 6.45) is 1.67. The Bertz CT molecular complexity index is 461. The molecule has 0 saturated carbocycles. The highest BCUT2D eigenvalue weighted by Crippen LogP contribution is 2.18. The van der Waals surface area contributed by atoms with Gasteiger partial charge in [-0.05, 0) is 51.3 Å². The van der Waals surface area contributed by atoms with E-state index in [1.165, 1.54) is 0 Å². The summed E-state index contributed by atoms with van der Waals surface area (Å²) in [5, 5.41) is 2.72. The van der Waals surface area contributed by atoms with E-state index in [1.54, 1.807) is 0 Å². The first-order valence-corrected chi connectivity index (χ1v) is 6.35. The van der Waals surface area contributed by atoms with Gasteiger partial charge in [-0.2, -0.15) is 0 Å². The molecule has 0 spiro atoms. The molecule has 0 fully saturated rings. The van der Waals surface area contributed by atoms with E-state index < -0.39 is 11.7 Å². The zero-order valence-corrected chi connectivity index (χ0v) is 11.9.